The molecule has 0 saturated carbocycles. The van der Waals surface area contributed by atoms with Crippen molar-refractivity contribution in [3.8, 4) is 5.75 Å². The number of rotatable bonds is 8. The monoisotopic (exact) mass is 486 g/mol. The molecule has 174 valence electrons. The lowest BCUT2D eigenvalue weighted by Crippen LogP contribution is -2.49. The topological polar surface area (TPSA) is 63.0 Å². The van der Waals surface area contributed by atoms with Gasteiger partial charge in [0.25, 0.3) is 5.91 Å². The summed E-state index contributed by atoms with van der Waals surface area (Å²) in [6.07, 6.45) is 3.00. The van der Waals surface area contributed by atoms with E-state index in [1.165, 1.54) is 11.1 Å². The number of nitrogens with zero attached hydrogens (tertiary/aromatic N) is 2. The number of thiophene rings is 1. The fourth-order valence-corrected chi connectivity index (χ4v) is 5.06. The van der Waals surface area contributed by atoms with Crippen LogP contribution in [0.4, 0.5) is 0 Å². The molecule has 0 unspecified atom stereocenters. The third kappa shape index (κ3) is 5.25. The van der Waals surface area contributed by atoms with Gasteiger partial charge in [0, 0.05) is 22.5 Å². The van der Waals surface area contributed by atoms with Gasteiger partial charge in [-0.05, 0) is 73.2 Å². The van der Waals surface area contributed by atoms with Gasteiger partial charge in [0.2, 0.25) is 5.91 Å². The van der Waals surface area contributed by atoms with Crippen LogP contribution < -0.4 is 4.74 Å². The molecule has 4 rings (SSSR count). The van der Waals surface area contributed by atoms with Crippen LogP contribution in [0.15, 0.2) is 58.5 Å². The van der Waals surface area contributed by atoms with Crippen molar-refractivity contribution in [1.82, 2.24) is 9.80 Å². The molecule has 2 atom stereocenters. The zero-order valence-corrected chi connectivity index (χ0v) is 20.3. The van der Waals surface area contributed by atoms with Crippen LogP contribution >= 0.6 is 22.9 Å². The van der Waals surface area contributed by atoms with Crippen molar-refractivity contribution in [3.05, 3.63) is 75.3 Å². The first kappa shape index (κ1) is 23.4. The number of hydrogen-bond donors (Lipinski definition) is 0. The number of fused-ring (bicyclic) bond motifs is 1. The summed E-state index contributed by atoms with van der Waals surface area (Å²) < 4.78 is 11.4. The molecule has 3 heterocycles. The number of carbonyl (C=O) groups is 2. The number of furan rings is 1. The third-order valence-electron chi connectivity index (χ3n) is 6.06. The average Bonchev–Trinajstić information content (AvgIpc) is 3.53. The molecule has 1 aromatic carbocycles. The van der Waals surface area contributed by atoms with Crippen LogP contribution in [0.25, 0.3) is 0 Å². The second-order valence-electron chi connectivity index (χ2n) is 8.08. The van der Waals surface area contributed by atoms with Crippen LogP contribution in [0.2, 0.25) is 5.02 Å². The molecule has 6 nitrogen and oxygen atoms in total. The van der Waals surface area contributed by atoms with Gasteiger partial charge >= 0.3 is 0 Å². The maximum absolute atomic E-state index is 13.5. The quantitative estimate of drug-likeness (QED) is 0.425. The van der Waals surface area contributed by atoms with Gasteiger partial charge in [-0.25, -0.2) is 0 Å². The Morgan fingerprint density at radius 2 is 2.06 bits per heavy atom. The lowest BCUT2D eigenvalue weighted by atomic mass is 10.00. The van der Waals surface area contributed by atoms with Gasteiger partial charge in [-0.1, -0.05) is 18.5 Å². The summed E-state index contributed by atoms with van der Waals surface area (Å²) in [5, 5.41) is 2.70. The third-order valence-corrected chi connectivity index (χ3v) is 7.31. The van der Waals surface area contributed by atoms with Gasteiger partial charge in [-0.2, -0.15) is 0 Å². The molecule has 0 fully saturated rings. The molecule has 33 heavy (non-hydrogen) atoms. The van der Waals surface area contributed by atoms with E-state index < -0.39 is 0 Å². The molecule has 3 aromatic rings. The maximum Gasteiger partial charge on any atom is 0.290 e. The van der Waals surface area contributed by atoms with Crippen molar-refractivity contribution in [1.29, 1.82) is 0 Å². The fraction of sp³-hybridized carbons (Fsp3) is 0.360. The highest BCUT2D eigenvalue weighted by Gasteiger charge is 2.34. The largest absolute Gasteiger partial charge is 0.491 e. The summed E-state index contributed by atoms with van der Waals surface area (Å²) in [5.41, 5.74) is 1.11. The van der Waals surface area contributed by atoms with Gasteiger partial charge in [-0.3, -0.25) is 9.59 Å². The Hall–Kier alpha value is -2.77. The smallest absolute Gasteiger partial charge is 0.290 e. The van der Waals surface area contributed by atoms with E-state index in [1.54, 1.807) is 40.5 Å². The van der Waals surface area contributed by atoms with Gasteiger partial charge in [0.05, 0.1) is 12.3 Å². The van der Waals surface area contributed by atoms with E-state index in [1.807, 2.05) is 30.9 Å². The minimum absolute atomic E-state index is 0.00848. The van der Waals surface area contributed by atoms with Crippen molar-refractivity contribution in [2.75, 3.05) is 19.7 Å². The van der Waals surface area contributed by atoms with Crippen molar-refractivity contribution in [2.45, 2.75) is 38.8 Å². The zero-order chi connectivity index (χ0) is 23.4. The Morgan fingerprint density at radius 1 is 1.27 bits per heavy atom. The number of hydrogen-bond acceptors (Lipinski definition) is 5. The van der Waals surface area contributed by atoms with Crippen molar-refractivity contribution in [3.63, 3.8) is 0 Å². The van der Waals surface area contributed by atoms with Gasteiger partial charge in [0.15, 0.2) is 5.76 Å². The molecule has 1 aliphatic rings. The number of benzene rings is 1. The highest BCUT2D eigenvalue weighted by Crippen LogP contribution is 2.34. The first-order valence-electron chi connectivity index (χ1n) is 11.1. The van der Waals surface area contributed by atoms with E-state index in [-0.39, 0.29) is 36.2 Å². The molecule has 0 aliphatic carbocycles. The molecule has 0 radical (unpaired) electrons. The first-order chi connectivity index (χ1) is 16.0. The Balaban J connectivity index is 1.53. The van der Waals surface area contributed by atoms with E-state index in [2.05, 4.69) is 11.4 Å². The predicted octanol–water partition coefficient (Wildman–Crippen LogP) is 5.44. The van der Waals surface area contributed by atoms with Crippen LogP contribution in [0, 0.1) is 0 Å². The Kier molecular flexibility index (Phi) is 7.40. The number of carbonyl (C=O) groups excluding carboxylic acids is 2. The van der Waals surface area contributed by atoms with Crippen molar-refractivity contribution in [2.24, 2.45) is 0 Å². The summed E-state index contributed by atoms with van der Waals surface area (Å²) in [5.74, 6) is 0.564. The second kappa shape index (κ2) is 10.4. The van der Waals surface area contributed by atoms with E-state index >= 15 is 0 Å². The molecular formula is C25H27ClN2O4S. The maximum atomic E-state index is 13.5. The van der Waals surface area contributed by atoms with Crippen LogP contribution in [-0.2, 0) is 11.2 Å². The van der Waals surface area contributed by atoms with Crippen LogP contribution in [-0.4, -0.2) is 47.4 Å². The molecule has 0 saturated heterocycles. The molecule has 0 N–H and O–H groups in total. The molecular weight excluding hydrogens is 460 g/mol. The molecule has 8 heteroatoms. The number of halogens is 1. The molecule has 2 amide bonds. The van der Waals surface area contributed by atoms with E-state index in [4.69, 9.17) is 20.8 Å². The molecule has 1 aliphatic heterocycles. The van der Waals surface area contributed by atoms with Crippen LogP contribution in [0.1, 0.15) is 47.3 Å². The van der Waals surface area contributed by atoms with Gasteiger partial charge < -0.3 is 19.0 Å². The van der Waals surface area contributed by atoms with Gasteiger partial charge in [0.1, 0.15) is 18.9 Å². The zero-order valence-electron chi connectivity index (χ0n) is 18.7. The highest BCUT2D eigenvalue weighted by atomic mass is 35.5. The number of ether oxygens (including phenoxy) is 1. The standard InChI is InChI=1S/C25H27ClN2O4S/c1-3-17(2)28(25(30)22-5-4-13-31-22)15-24(29)27-12-10-23-20(11-14-33-23)21(27)16-32-19-8-6-18(26)7-9-19/h4-9,11,13-14,17,21H,3,10,12,15-16H2,1-2H3/t17-,21+/m0/s1. The Labute approximate surface area is 202 Å². The van der Waals surface area contributed by atoms with Crippen molar-refractivity contribution < 1.29 is 18.7 Å². The lowest BCUT2D eigenvalue weighted by Gasteiger charge is -2.38. The second-order valence-corrected chi connectivity index (χ2v) is 9.52. The Bertz CT molecular complexity index is 1080. The first-order valence-corrected chi connectivity index (χ1v) is 12.3. The van der Waals surface area contributed by atoms with Crippen molar-refractivity contribution >= 4 is 34.8 Å². The highest BCUT2D eigenvalue weighted by molar-refractivity contribution is 7.10. The SMILES string of the molecule is CC[C@H](C)N(CC(=O)N1CCc2sccc2[C@H]1COc1ccc(Cl)cc1)C(=O)c1ccco1. The summed E-state index contributed by atoms with van der Waals surface area (Å²) in [4.78, 5) is 31.3. The number of amides is 2. The fourth-order valence-electron chi connectivity index (χ4n) is 4.01. The molecule has 0 bridgehead atoms. The van der Waals surface area contributed by atoms with E-state index in [9.17, 15) is 9.59 Å². The Morgan fingerprint density at radius 3 is 2.76 bits per heavy atom. The summed E-state index contributed by atoms with van der Waals surface area (Å²) >= 11 is 7.68. The summed E-state index contributed by atoms with van der Waals surface area (Å²) in [7, 11) is 0. The van der Waals surface area contributed by atoms with Crippen LogP contribution in [0.5, 0.6) is 5.75 Å². The van der Waals surface area contributed by atoms with Gasteiger partial charge in [-0.15, -0.1) is 11.3 Å². The molecule has 2 aromatic heterocycles. The minimum Gasteiger partial charge on any atom is -0.491 e. The average molecular weight is 487 g/mol. The minimum atomic E-state index is -0.273. The summed E-state index contributed by atoms with van der Waals surface area (Å²) in [6, 6.07) is 12.2. The lowest BCUT2D eigenvalue weighted by molar-refractivity contribution is -0.136. The summed E-state index contributed by atoms with van der Waals surface area (Å²) in [6.45, 7) is 4.85. The predicted molar refractivity (Wildman–Crippen MR) is 129 cm³/mol. The van der Waals surface area contributed by atoms with E-state index in [0.717, 1.165) is 18.4 Å². The van der Waals surface area contributed by atoms with Crippen LogP contribution in [0.3, 0.4) is 0 Å². The molecule has 0 spiro atoms. The normalized spacial score (nSPS) is 16.2. The van der Waals surface area contributed by atoms with E-state index in [0.29, 0.717) is 23.9 Å².